The van der Waals surface area contributed by atoms with Crippen molar-refractivity contribution in [3.63, 3.8) is 0 Å². The van der Waals surface area contributed by atoms with Gasteiger partial charge in [0.05, 0.1) is 0 Å². The minimum absolute atomic E-state index is 0.0411. The first-order chi connectivity index (χ1) is 8.98. The van der Waals surface area contributed by atoms with Gasteiger partial charge in [-0.25, -0.2) is 0 Å². The van der Waals surface area contributed by atoms with Gasteiger partial charge in [0, 0.05) is 6.04 Å². The zero-order chi connectivity index (χ0) is 13.9. The summed E-state index contributed by atoms with van der Waals surface area (Å²) in [5.41, 5.74) is 0.299. The van der Waals surface area contributed by atoms with Gasteiger partial charge in [0.25, 0.3) is 0 Å². The van der Waals surface area contributed by atoms with Crippen LogP contribution in [0.4, 0.5) is 13.2 Å². The van der Waals surface area contributed by atoms with Crippen molar-refractivity contribution in [3.8, 4) is 0 Å². The second-order valence-electron chi connectivity index (χ2n) is 5.42. The van der Waals surface area contributed by atoms with Crippen LogP contribution in [0.1, 0.15) is 44.2 Å². The van der Waals surface area contributed by atoms with E-state index in [2.05, 4.69) is 5.32 Å². The monoisotopic (exact) mass is 271 g/mol. The molecule has 0 radical (unpaired) electrons. The summed E-state index contributed by atoms with van der Waals surface area (Å²) >= 11 is 0. The highest BCUT2D eigenvalue weighted by Gasteiger charge is 2.42. The summed E-state index contributed by atoms with van der Waals surface area (Å²) in [6, 6.07) is 6.53. The first-order valence-electron chi connectivity index (χ1n) is 6.86. The Hall–Kier alpha value is -1.03. The van der Waals surface area contributed by atoms with Crippen molar-refractivity contribution < 1.29 is 13.2 Å². The number of alkyl halides is 3. The molecular formula is C15H20F3N. The highest BCUT2D eigenvalue weighted by molar-refractivity contribution is 5.20. The van der Waals surface area contributed by atoms with Crippen LogP contribution in [-0.2, 0) is 0 Å². The van der Waals surface area contributed by atoms with Crippen LogP contribution in [0.5, 0.6) is 0 Å². The molecule has 1 fully saturated rings. The summed E-state index contributed by atoms with van der Waals surface area (Å²) in [6.45, 7) is 2.04. The summed E-state index contributed by atoms with van der Waals surface area (Å²) < 4.78 is 39.7. The molecule has 0 heterocycles. The summed E-state index contributed by atoms with van der Waals surface area (Å²) in [7, 11) is 0. The predicted molar refractivity (Wildman–Crippen MR) is 69.8 cm³/mol. The second kappa shape index (κ2) is 5.95. The third kappa shape index (κ3) is 3.72. The quantitative estimate of drug-likeness (QED) is 0.856. The first kappa shape index (κ1) is 14.4. The number of halogens is 3. The average molecular weight is 271 g/mol. The summed E-state index contributed by atoms with van der Waals surface area (Å²) in [5, 5.41) is 2.84. The van der Waals surface area contributed by atoms with E-state index in [-0.39, 0.29) is 6.04 Å². The topological polar surface area (TPSA) is 12.0 Å². The van der Waals surface area contributed by atoms with Crippen molar-refractivity contribution in [1.29, 1.82) is 0 Å². The molecule has 1 nitrogen and oxygen atoms in total. The fourth-order valence-corrected chi connectivity index (χ4v) is 2.80. The molecule has 106 valence electrons. The van der Waals surface area contributed by atoms with E-state index in [9.17, 15) is 13.2 Å². The first-order valence-corrected chi connectivity index (χ1v) is 6.86. The fourth-order valence-electron chi connectivity index (χ4n) is 2.80. The van der Waals surface area contributed by atoms with E-state index in [0.29, 0.717) is 11.5 Å². The Bertz CT molecular complexity index is 388. The lowest BCUT2D eigenvalue weighted by atomic mass is 9.85. The minimum atomic E-state index is -4.25. The molecule has 3 unspecified atom stereocenters. The van der Waals surface area contributed by atoms with E-state index >= 15 is 0 Å². The molecule has 1 N–H and O–H groups in total. The van der Waals surface area contributed by atoms with Gasteiger partial charge >= 0.3 is 6.18 Å². The molecule has 0 aliphatic heterocycles. The minimum Gasteiger partial charge on any atom is -0.299 e. The molecule has 0 bridgehead atoms. The molecule has 0 saturated heterocycles. The van der Waals surface area contributed by atoms with Gasteiger partial charge < -0.3 is 0 Å². The smallest absolute Gasteiger partial charge is 0.299 e. The maximum absolute atomic E-state index is 13.2. The van der Waals surface area contributed by atoms with E-state index in [4.69, 9.17) is 0 Å². The standard InChI is InChI=1S/C15H20F3N/c1-11-7-5-6-10-13(11)19-14(15(16,17)18)12-8-3-2-4-9-12/h2-4,8-9,11,13-14,19H,5-7,10H2,1H3. The maximum atomic E-state index is 13.2. The molecular weight excluding hydrogens is 251 g/mol. The Morgan fingerprint density at radius 1 is 1.11 bits per heavy atom. The van der Waals surface area contributed by atoms with Crippen molar-refractivity contribution >= 4 is 0 Å². The predicted octanol–water partition coefficient (Wildman–Crippen LogP) is 4.46. The van der Waals surface area contributed by atoms with E-state index in [1.54, 1.807) is 30.3 Å². The Balaban J connectivity index is 2.15. The van der Waals surface area contributed by atoms with Crippen molar-refractivity contribution in [1.82, 2.24) is 5.32 Å². The van der Waals surface area contributed by atoms with Gasteiger partial charge in [-0.05, 0) is 24.3 Å². The van der Waals surface area contributed by atoms with Crippen LogP contribution in [0, 0.1) is 5.92 Å². The summed E-state index contributed by atoms with van der Waals surface area (Å²) in [5.74, 6) is 0.308. The van der Waals surface area contributed by atoms with Crippen LogP contribution in [0.3, 0.4) is 0 Å². The third-order valence-electron chi connectivity index (χ3n) is 3.95. The summed E-state index contributed by atoms with van der Waals surface area (Å²) in [6.07, 6.45) is -0.265. The molecule has 4 heteroatoms. The zero-order valence-electron chi connectivity index (χ0n) is 11.1. The number of rotatable bonds is 3. The largest absolute Gasteiger partial charge is 0.407 e. The molecule has 3 atom stereocenters. The lowest BCUT2D eigenvalue weighted by Gasteiger charge is -2.34. The van der Waals surface area contributed by atoms with Crippen LogP contribution < -0.4 is 5.32 Å². The molecule has 0 spiro atoms. The van der Waals surface area contributed by atoms with Crippen molar-refractivity contribution in [2.45, 2.75) is 50.9 Å². The van der Waals surface area contributed by atoms with E-state index in [0.717, 1.165) is 25.7 Å². The Morgan fingerprint density at radius 3 is 2.32 bits per heavy atom. The number of hydrogen-bond donors (Lipinski definition) is 1. The van der Waals surface area contributed by atoms with Gasteiger partial charge in [0.15, 0.2) is 0 Å². The van der Waals surface area contributed by atoms with Crippen molar-refractivity contribution in [2.75, 3.05) is 0 Å². The molecule has 1 aliphatic carbocycles. The van der Waals surface area contributed by atoms with Gasteiger partial charge in [-0.2, -0.15) is 13.2 Å². The van der Waals surface area contributed by atoms with Gasteiger partial charge in [0.1, 0.15) is 6.04 Å². The number of hydrogen-bond acceptors (Lipinski definition) is 1. The maximum Gasteiger partial charge on any atom is 0.407 e. The van der Waals surface area contributed by atoms with Gasteiger partial charge in [-0.3, -0.25) is 5.32 Å². The summed E-state index contributed by atoms with van der Waals surface area (Å²) in [4.78, 5) is 0. The van der Waals surface area contributed by atoms with Gasteiger partial charge in [-0.15, -0.1) is 0 Å². The number of nitrogens with one attached hydrogen (secondary N) is 1. The van der Waals surface area contributed by atoms with Crippen molar-refractivity contribution in [3.05, 3.63) is 35.9 Å². The SMILES string of the molecule is CC1CCCCC1NC(c1ccccc1)C(F)(F)F. The fraction of sp³-hybridized carbons (Fsp3) is 0.600. The molecule has 0 amide bonds. The highest BCUT2D eigenvalue weighted by Crippen LogP contribution is 2.35. The van der Waals surface area contributed by atoms with E-state index in [1.165, 1.54) is 0 Å². The van der Waals surface area contributed by atoms with Crippen molar-refractivity contribution in [2.24, 2.45) is 5.92 Å². The van der Waals surface area contributed by atoms with Crippen LogP contribution in [0.2, 0.25) is 0 Å². The van der Waals surface area contributed by atoms with E-state index < -0.39 is 12.2 Å². The van der Waals surface area contributed by atoms with Gasteiger partial charge in [-0.1, -0.05) is 50.1 Å². The molecule has 19 heavy (non-hydrogen) atoms. The Kier molecular flexibility index (Phi) is 4.50. The van der Waals surface area contributed by atoms with E-state index in [1.807, 2.05) is 6.92 Å². The third-order valence-corrected chi connectivity index (χ3v) is 3.95. The van der Waals surface area contributed by atoms with Crippen LogP contribution in [0.15, 0.2) is 30.3 Å². The Morgan fingerprint density at radius 2 is 1.74 bits per heavy atom. The van der Waals surface area contributed by atoms with Crippen LogP contribution in [0.25, 0.3) is 0 Å². The molecule has 2 rings (SSSR count). The average Bonchev–Trinajstić information content (AvgIpc) is 2.37. The second-order valence-corrected chi connectivity index (χ2v) is 5.42. The van der Waals surface area contributed by atoms with Gasteiger partial charge in [0.2, 0.25) is 0 Å². The molecule has 0 aromatic heterocycles. The van der Waals surface area contributed by atoms with Crippen LogP contribution >= 0.6 is 0 Å². The Labute approximate surface area is 112 Å². The number of benzene rings is 1. The lowest BCUT2D eigenvalue weighted by Crippen LogP contribution is -2.44. The highest BCUT2D eigenvalue weighted by atomic mass is 19.4. The lowest BCUT2D eigenvalue weighted by molar-refractivity contribution is -0.161. The normalized spacial score (nSPS) is 26.1. The molecule has 1 saturated carbocycles. The molecule has 1 aromatic rings. The zero-order valence-corrected chi connectivity index (χ0v) is 11.1. The van der Waals surface area contributed by atoms with Crippen LogP contribution in [-0.4, -0.2) is 12.2 Å². The molecule has 1 aliphatic rings. The molecule has 1 aromatic carbocycles.